The van der Waals surface area contributed by atoms with Crippen LogP contribution < -0.4 is 10.2 Å². The van der Waals surface area contributed by atoms with Gasteiger partial charge >= 0.3 is 0 Å². The number of benzene rings is 3. The molecule has 3 aromatic carbocycles. The highest BCUT2D eigenvalue weighted by molar-refractivity contribution is 5.81. The number of H-pyrrole nitrogens is 1. The van der Waals surface area contributed by atoms with Crippen molar-refractivity contribution in [2.75, 3.05) is 5.43 Å². The predicted molar refractivity (Wildman–Crippen MR) is 109 cm³/mol. The van der Waals surface area contributed by atoms with E-state index in [1.807, 2.05) is 66.7 Å². The number of aromatic amines is 1. The Morgan fingerprint density at radius 3 is 2.67 bits per heavy atom. The van der Waals surface area contributed by atoms with Crippen molar-refractivity contribution in [3.05, 3.63) is 89.5 Å². The van der Waals surface area contributed by atoms with Crippen LogP contribution in [0, 0.1) is 6.92 Å². The van der Waals surface area contributed by atoms with Crippen LogP contribution in [0.2, 0.25) is 0 Å². The van der Waals surface area contributed by atoms with Gasteiger partial charge in [-0.1, -0.05) is 36.4 Å². The lowest BCUT2D eigenvalue weighted by atomic mass is 10.2. The maximum atomic E-state index is 5.79. The van der Waals surface area contributed by atoms with Crippen LogP contribution in [-0.2, 0) is 6.61 Å². The number of aromatic nitrogens is 2. The number of hydrazone groups is 1. The molecule has 5 nitrogen and oxygen atoms in total. The van der Waals surface area contributed by atoms with Crippen LogP contribution in [-0.4, -0.2) is 16.2 Å². The summed E-state index contributed by atoms with van der Waals surface area (Å²) in [5, 5.41) is 4.24. The van der Waals surface area contributed by atoms with Gasteiger partial charge in [-0.2, -0.15) is 5.10 Å². The van der Waals surface area contributed by atoms with E-state index in [9.17, 15) is 0 Å². The highest BCUT2D eigenvalue weighted by Crippen LogP contribution is 2.16. The summed E-state index contributed by atoms with van der Waals surface area (Å²) in [6, 6.07) is 24.0. The van der Waals surface area contributed by atoms with Crippen molar-refractivity contribution in [2.45, 2.75) is 13.5 Å². The minimum Gasteiger partial charge on any atom is -0.489 e. The fourth-order valence-corrected chi connectivity index (χ4v) is 2.74. The standard InChI is InChI=1S/C22H20N4O/c1-16-7-12-20-21(13-16)25-22(24-20)26-23-14-17-8-10-19(11-9-17)27-15-18-5-3-2-4-6-18/h2-14H,15H2,1H3,(H2,24,25,26)/b23-14-. The summed E-state index contributed by atoms with van der Waals surface area (Å²) in [4.78, 5) is 7.66. The normalized spacial score (nSPS) is 11.1. The molecule has 4 rings (SSSR count). The molecule has 5 heteroatoms. The van der Waals surface area contributed by atoms with Crippen molar-refractivity contribution >= 4 is 23.2 Å². The summed E-state index contributed by atoms with van der Waals surface area (Å²) in [6.07, 6.45) is 1.75. The van der Waals surface area contributed by atoms with Gasteiger partial charge in [-0.25, -0.2) is 10.4 Å². The number of nitrogens with one attached hydrogen (secondary N) is 2. The number of ether oxygens (including phenoxy) is 1. The van der Waals surface area contributed by atoms with Crippen LogP contribution in [0.5, 0.6) is 5.75 Å². The molecule has 0 aliphatic heterocycles. The summed E-state index contributed by atoms with van der Waals surface area (Å²) in [6.45, 7) is 2.61. The Kier molecular flexibility index (Phi) is 4.83. The number of hydrogen-bond donors (Lipinski definition) is 2. The van der Waals surface area contributed by atoms with Crippen LogP contribution in [0.15, 0.2) is 77.9 Å². The third-order valence-corrected chi connectivity index (χ3v) is 4.15. The Labute approximate surface area is 157 Å². The number of nitrogens with zero attached hydrogens (tertiary/aromatic N) is 2. The second-order valence-electron chi connectivity index (χ2n) is 6.32. The van der Waals surface area contributed by atoms with Gasteiger partial charge in [-0.15, -0.1) is 0 Å². The van der Waals surface area contributed by atoms with Gasteiger partial charge in [-0.3, -0.25) is 0 Å². The molecule has 0 unspecified atom stereocenters. The van der Waals surface area contributed by atoms with Gasteiger partial charge in [0.15, 0.2) is 0 Å². The van der Waals surface area contributed by atoms with E-state index in [-0.39, 0.29) is 0 Å². The Morgan fingerprint density at radius 2 is 1.85 bits per heavy atom. The van der Waals surface area contributed by atoms with E-state index in [1.165, 1.54) is 5.56 Å². The van der Waals surface area contributed by atoms with E-state index >= 15 is 0 Å². The molecule has 0 saturated carbocycles. The number of fused-ring (bicyclic) bond motifs is 1. The summed E-state index contributed by atoms with van der Waals surface area (Å²) in [5.74, 6) is 1.45. The second kappa shape index (κ2) is 7.74. The van der Waals surface area contributed by atoms with Gasteiger partial charge in [0, 0.05) is 0 Å². The average Bonchev–Trinajstić information content (AvgIpc) is 3.10. The Balaban J connectivity index is 1.34. The number of anilines is 1. The first kappa shape index (κ1) is 16.8. The number of imidazole rings is 1. The van der Waals surface area contributed by atoms with Crippen molar-refractivity contribution in [1.29, 1.82) is 0 Å². The first-order valence-corrected chi connectivity index (χ1v) is 8.78. The monoisotopic (exact) mass is 356 g/mol. The zero-order chi connectivity index (χ0) is 18.5. The molecule has 27 heavy (non-hydrogen) atoms. The summed E-state index contributed by atoms with van der Waals surface area (Å²) in [7, 11) is 0. The Morgan fingerprint density at radius 1 is 1.04 bits per heavy atom. The SMILES string of the molecule is Cc1ccc2nc(N/N=C\c3ccc(OCc4ccccc4)cc3)[nH]c2c1. The average molecular weight is 356 g/mol. The lowest BCUT2D eigenvalue weighted by Crippen LogP contribution is -1.95. The molecule has 1 aromatic heterocycles. The predicted octanol–water partition coefficient (Wildman–Crippen LogP) is 4.90. The van der Waals surface area contributed by atoms with E-state index in [4.69, 9.17) is 4.74 Å². The number of hydrogen-bond acceptors (Lipinski definition) is 4. The molecule has 0 radical (unpaired) electrons. The van der Waals surface area contributed by atoms with Crippen molar-refractivity contribution in [1.82, 2.24) is 9.97 Å². The lowest BCUT2D eigenvalue weighted by Gasteiger charge is -2.06. The van der Waals surface area contributed by atoms with E-state index in [1.54, 1.807) is 6.21 Å². The lowest BCUT2D eigenvalue weighted by molar-refractivity contribution is 0.306. The molecule has 0 aliphatic carbocycles. The summed E-state index contributed by atoms with van der Waals surface area (Å²) in [5.41, 5.74) is 8.15. The van der Waals surface area contributed by atoms with Gasteiger partial charge in [0.25, 0.3) is 0 Å². The quantitative estimate of drug-likeness (QED) is 0.382. The number of aryl methyl sites for hydroxylation is 1. The second-order valence-corrected chi connectivity index (χ2v) is 6.32. The van der Waals surface area contributed by atoms with Crippen molar-refractivity contribution in [3.63, 3.8) is 0 Å². The van der Waals surface area contributed by atoms with Gasteiger partial charge in [0.1, 0.15) is 12.4 Å². The Bertz CT molecular complexity index is 1050. The van der Waals surface area contributed by atoms with Crippen LogP contribution in [0.4, 0.5) is 5.95 Å². The van der Waals surface area contributed by atoms with Gasteiger partial charge in [0.2, 0.25) is 5.95 Å². The maximum absolute atomic E-state index is 5.79. The zero-order valence-corrected chi connectivity index (χ0v) is 15.0. The van der Waals surface area contributed by atoms with E-state index < -0.39 is 0 Å². The highest BCUT2D eigenvalue weighted by Gasteiger charge is 2.01. The van der Waals surface area contributed by atoms with E-state index in [0.29, 0.717) is 12.6 Å². The fraction of sp³-hybridized carbons (Fsp3) is 0.0909. The van der Waals surface area contributed by atoms with Crippen molar-refractivity contribution < 1.29 is 4.74 Å². The molecule has 1 heterocycles. The minimum atomic E-state index is 0.557. The molecule has 2 N–H and O–H groups in total. The molecule has 0 amide bonds. The maximum Gasteiger partial charge on any atom is 0.222 e. The zero-order valence-electron chi connectivity index (χ0n) is 15.0. The molecular weight excluding hydrogens is 336 g/mol. The molecule has 134 valence electrons. The third-order valence-electron chi connectivity index (χ3n) is 4.15. The fourth-order valence-electron chi connectivity index (χ4n) is 2.74. The van der Waals surface area contributed by atoms with Gasteiger partial charge < -0.3 is 9.72 Å². The van der Waals surface area contributed by atoms with Gasteiger partial charge in [0.05, 0.1) is 17.2 Å². The molecule has 0 atom stereocenters. The van der Waals surface area contributed by atoms with Crippen LogP contribution >= 0.6 is 0 Å². The molecule has 0 spiro atoms. The van der Waals surface area contributed by atoms with Crippen LogP contribution in [0.3, 0.4) is 0 Å². The Hall–Kier alpha value is -3.60. The molecule has 0 fully saturated rings. The largest absolute Gasteiger partial charge is 0.489 e. The third kappa shape index (κ3) is 4.33. The molecule has 0 aliphatic rings. The van der Waals surface area contributed by atoms with Crippen molar-refractivity contribution in [2.24, 2.45) is 5.10 Å². The first-order valence-electron chi connectivity index (χ1n) is 8.78. The molecule has 0 saturated heterocycles. The molecular formula is C22H20N4O. The van der Waals surface area contributed by atoms with Crippen molar-refractivity contribution in [3.8, 4) is 5.75 Å². The minimum absolute atomic E-state index is 0.557. The molecule has 0 bridgehead atoms. The molecule has 4 aromatic rings. The summed E-state index contributed by atoms with van der Waals surface area (Å²) >= 11 is 0. The van der Waals surface area contributed by atoms with Gasteiger partial charge in [-0.05, 0) is 60.0 Å². The number of rotatable bonds is 6. The summed E-state index contributed by atoms with van der Waals surface area (Å²) < 4.78 is 5.79. The first-order chi connectivity index (χ1) is 13.3. The van der Waals surface area contributed by atoms with Crippen LogP contribution in [0.25, 0.3) is 11.0 Å². The smallest absolute Gasteiger partial charge is 0.222 e. The highest BCUT2D eigenvalue weighted by atomic mass is 16.5. The van der Waals surface area contributed by atoms with E-state index in [2.05, 4.69) is 33.5 Å². The van der Waals surface area contributed by atoms with E-state index in [0.717, 1.165) is 27.9 Å². The topological polar surface area (TPSA) is 62.3 Å². The van der Waals surface area contributed by atoms with Crippen LogP contribution in [0.1, 0.15) is 16.7 Å².